The lowest BCUT2D eigenvalue weighted by Crippen LogP contribution is -2.41. The third kappa shape index (κ3) is 6.29. The van der Waals surface area contributed by atoms with Gasteiger partial charge in [-0.3, -0.25) is 9.59 Å². The second kappa shape index (κ2) is 10.1. The van der Waals surface area contributed by atoms with Crippen molar-refractivity contribution in [3.05, 3.63) is 35.9 Å². The zero-order valence-corrected chi connectivity index (χ0v) is 14.8. The summed E-state index contributed by atoms with van der Waals surface area (Å²) in [6, 6.07) is 3.21. The molecule has 0 aliphatic heterocycles. The molecule has 0 saturated heterocycles. The lowest BCUT2D eigenvalue weighted by molar-refractivity contribution is -0.139. The summed E-state index contributed by atoms with van der Waals surface area (Å²) >= 11 is 0. The lowest BCUT2D eigenvalue weighted by Gasteiger charge is -2.11. The Morgan fingerprint density at radius 1 is 1.36 bits per heavy atom. The van der Waals surface area contributed by atoms with E-state index in [4.69, 9.17) is 4.74 Å². The molecule has 1 aromatic carbocycles. The van der Waals surface area contributed by atoms with Gasteiger partial charge in [0.05, 0.1) is 12.8 Å². The number of rotatable bonds is 8. The number of amides is 2. The molecule has 1 aromatic rings. The molecule has 3 N–H and O–H groups in total. The third-order valence-corrected chi connectivity index (χ3v) is 3.42. The van der Waals surface area contributed by atoms with Crippen molar-refractivity contribution in [2.45, 2.75) is 39.7 Å². The molecule has 0 aliphatic rings. The Hall–Kier alpha value is -2.83. The van der Waals surface area contributed by atoms with Crippen LogP contribution in [0.2, 0.25) is 0 Å². The van der Waals surface area contributed by atoms with Gasteiger partial charge in [0.15, 0.2) is 11.5 Å². The van der Waals surface area contributed by atoms with Crippen LogP contribution in [0.5, 0.6) is 11.5 Å². The standard InChI is InChI=1S/C18H25N3O4/c1-5-8-14-9-13(10-15(16(14)22)25-7-3)11-19-21-18(24)17(23)20-12(4)6-2/h5,9-12,22H,1,6-8H2,2-4H3,(H,20,23)(H,21,24)/b19-11+/t12-/m1/s1. The van der Waals surface area contributed by atoms with Gasteiger partial charge in [0.1, 0.15) is 0 Å². The second-order valence-electron chi connectivity index (χ2n) is 5.43. The van der Waals surface area contributed by atoms with E-state index in [0.717, 1.165) is 6.42 Å². The van der Waals surface area contributed by atoms with E-state index in [9.17, 15) is 14.7 Å². The van der Waals surface area contributed by atoms with Crippen molar-refractivity contribution in [1.82, 2.24) is 10.7 Å². The molecule has 0 spiro atoms. The molecule has 0 bridgehead atoms. The Morgan fingerprint density at radius 3 is 2.68 bits per heavy atom. The van der Waals surface area contributed by atoms with E-state index < -0.39 is 11.8 Å². The minimum atomic E-state index is -0.841. The van der Waals surface area contributed by atoms with Crippen LogP contribution in [0.15, 0.2) is 29.9 Å². The summed E-state index contributed by atoms with van der Waals surface area (Å²) in [4.78, 5) is 23.3. The first kappa shape index (κ1) is 20.2. The van der Waals surface area contributed by atoms with E-state index in [1.165, 1.54) is 6.21 Å². The van der Waals surface area contributed by atoms with Crippen molar-refractivity contribution >= 4 is 18.0 Å². The predicted octanol–water partition coefficient (Wildman–Crippen LogP) is 1.88. The highest BCUT2D eigenvalue weighted by atomic mass is 16.5. The molecule has 136 valence electrons. The molecule has 1 rings (SSSR count). The van der Waals surface area contributed by atoms with Crippen LogP contribution in [0.3, 0.4) is 0 Å². The fraction of sp³-hybridized carbons (Fsp3) is 0.389. The molecule has 2 amide bonds. The van der Waals surface area contributed by atoms with Gasteiger partial charge in [-0.1, -0.05) is 13.0 Å². The average molecular weight is 347 g/mol. The Balaban J connectivity index is 2.84. The fourth-order valence-corrected chi connectivity index (χ4v) is 1.95. The molecule has 7 heteroatoms. The van der Waals surface area contributed by atoms with Crippen LogP contribution in [0.4, 0.5) is 0 Å². The van der Waals surface area contributed by atoms with E-state index in [2.05, 4.69) is 22.4 Å². The average Bonchev–Trinajstić information content (AvgIpc) is 2.58. The number of ether oxygens (including phenoxy) is 1. The summed E-state index contributed by atoms with van der Waals surface area (Å²) in [7, 11) is 0. The SMILES string of the molecule is C=CCc1cc(/C=N/NC(=O)C(=O)N[C@H](C)CC)cc(OCC)c1O. The number of aromatic hydroxyl groups is 1. The van der Waals surface area contributed by atoms with Gasteiger partial charge in [-0.15, -0.1) is 6.58 Å². The first-order chi connectivity index (χ1) is 11.9. The van der Waals surface area contributed by atoms with Gasteiger partial charge in [-0.05, 0) is 44.4 Å². The summed E-state index contributed by atoms with van der Waals surface area (Å²) in [6.45, 7) is 9.57. The number of phenols is 1. The van der Waals surface area contributed by atoms with Crippen LogP contribution in [-0.2, 0) is 16.0 Å². The number of phenolic OH excluding ortho intramolecular Hbond substituents is 1. The smallest absolute Gasteiger partial charge is 0.329 e. The molecule has 0 saturated carbocycles. The molecule has 0 fully saturated rings. The molecule has 0 radical (unpaired) electrons. The van der Waals surface area contributed by atoms with Crippen molar-refractivity contribution in [1.29, 1.82) is 0 Å². The van der Waals surface area contributed by atoms with Gasteiger partial charge in [0.25, 0.3) is 0 Å². The van der Waals surface area contributed by atoms with Crippen molar-refractivity contribution < 1.29 is 19.4 Å². The summed E-state index contributed by atoms with van der Waals surface area (Å²) in [6.07, 6.45) is 4.22. The minimum absolute atomic E-state index is 0.0517. The first-order valence-electron chi connectivity index (χ1n) is 8.16. The first-order valence-corrected chi connectivity index (χ1v) is 8.16. The lowest BCUT2D eigenvalue weighted by atomic mass is 10.1. The Kier molecular flexibility index (Phi) is 8.18. The maximum Gasteiger partial charge on any atom is 0.329 e. The Bertz CT molecular complexity index is 656. The van der Waals surface area contributed by atoms with E-state index in [0.29, 0.717) is 29.9 Å². The van der Waals surface area contributed by atoms with E-state index in [1.807, 2.05) is 13.8 Å². The molecular weight excluding hydrogens is 322 g/mol. The van der Waals surface area contributed by atoms with Crippen LogP contribution < -0.4 is 15.5 Å². The maximum atomic E-state index is 11.7. The zero-order valence-electron chi connectivity index (χ0n) is 14.8. The highest BCUT2D eigenvalue weighted by Gasteiger charge is 2.14. The largest absolute Gasteiger partial charge is 0.504 e. The molecule has 0 aromatic heterocycles. The third-order valence-electron chi connectivity index (χ3n) is 3.42. The molecule has 0 heterocycles. The predicted molar refractivity (Wildman–Crippen MR) is 96.8 cm³/mol. The van der Waals surface area contributed by atoms with Crippen LogP contribution in [0, 0.1) is 0 Å². The number of hydrogen-bond donors (Lipinski definition) is 3. The topological polar surface area (TPSA) is 100 Å². The zero-order chi connectivity index (χ0) is 18.8. The number of nitrogens with zero attached hydrogens (tertiary/aromatic N) is 1. The van der Waals surface area contributed by atoms with Crippen LogP contribution in [0.1, 0.15) is 38.3 Å². The van der Waals surface area contributed by atoms with Crippen LogP contribution in [-0.4, -0.2) is 35.8 Å². The number of hydrazone groups is 1. The molecule has 0 unspecified atom stereocenters. The van der Waals surface area contributed by atoms with Gasteiger partial charge >= 0.3 is 11.8 Å². The van der Waals surface area contributed by atoms with Crippen molar-refractivity contribution in [3.8, 4) is 11.5 Å². The number of hydrogen-bond acceptors (Lipinski definition) is 5. The highest BCUT2D eigenvalue weighted by Crippen LogP contribution is 2.31. The molecule has 25 heavy (non-hydrogen) atoms. The van der Waals surface area contributed by atoms with Crippen molar-refractivity contribution in [3.63, 3.8) is 0 Å². The fourth-order valence-electron chi connectivity index (χ4n) is 1.95. The van der Waals surface area contributed by atoms with Crippen LogP contribution >= 0.6 is 0 Å². The number of allylic oxidation sites excluding steroid dienone is 1. The van der Waals surface area contributed by atoms with Crippen molar-refractivity contribution in [2.75, 3.05) is 6.61 Å². The van der Waals surface area contributed by atoms with Crippen molar-refractivity contribution in [2.24, 2.45) is 5.10 Å². The summed E-state index contributed by atoms with van der Waals surface area (Å²) in [5, 5.41) is 16.5. The van der Waals surface area contributed by atoms with E-state index >= 15 is 0 Å². The van der Waals surface area contributed by atoms with Crippen LogP contribution in [0.25, 0.3) is 0 Å². The molecule has 1 atom stereocenters. The summed E-state index contributed by atoms with van der Waals surface area (Å²) in [5.74, 6) is -1.20. The quantitative estimate of drug-likeness (QED) is 0.289. The Morgan fingerprint density at radius 2 is 2.08 bits per heavy atom. The van der Waals surface area contributed by atoms with Gasteiger partial charge in [-0.2, -0.15) is 5.10 Å². The minimum Gasteiger partial charge on any atom is -0.504 e. The summed E-state index contributed by atoms with van der Waals surface area (Å²) in [5.41, 5.74) is 3.41. The molecule has 7 nitrogen and oxygen atoms in total. The number of carbonyl (C=O) groups excluding carboxylic acids is 2. The van der Waals surface area contributed by atoms with Gasteiger partial charge < -0.3 is 15.2 Å². The molecular formula is C18H25N3O4. The van der Waals surface area contributed by atoms with Gasteiger partial charge in [-0.25, -0.2) is 5.43 Å². The number of carbonyl (C=O) groups is 2. The monoisotopic (exact) mass is 347 g/mol. The summed E-state index contributed by atoms with van der Waals surface area (Å²) < 4.78 is 5.39. The second-order valence-corrected chi connectivity index (χ2v) is 5.43. The van der Waals surface area contributed by atoms with E-state index in [-0.39, 0.29) is 11.8 Å². The molecule has 0 aliphatic carbocycles. The Labute approximate surface area is 147 Å². The van der Waals surface area contributed by atoms with Gasteiger partial charge in [0, 0.05) is 11.6 Å². The van der Waals surface area contributed by atoms with E-state index in [1.54, 1.807) is 25.1 Å². The number of benzene rings is 1. The normalized spacial score (nSPS) is 11.8. The highest BCUT2D eigenvalue weighted by molar-refractivity contribution is 6.35. The maximum absolute atomic E-state index is 11.7. The van der Waals surface area contributed by atoms with Gasteiger partial charge in [0.2, 0.25) is 0 Å². The number of nitrogens with one attached hydrogen (secondary N) is 2.